The second-order valence-electron chi connectivity index (χ2n) is 13.1. The molecule has 258 valence electrons. The average Bonchev–Trinajstić information content (AvgIpc) is 3.48. The van der Waals surface area contributed by atoms with Crippen LogP contribution in [0, 0.1) is 11.2 Å². The molecule has 0 saturated carbocycles. The van der Waals surface area contributed by atoms with Crippen LogP contribution >= 0.6 is 12.6 Å². The summed E-state index contributed by atoms with van der Waals surface area (Å²) in [4.78, 5) is 19.8. The molecule has 2 unspecified atom stereocenters. The minimum absolute atomic E-state index is 0.00252. The van der Waals surface area contributed by atoms with Crippen molar-refractivity contribution in [2.24, 2.45) is 10.4 Å². The van der Waals surface area contributed by atoms with Gasteiger partial charge in [-0.3, -0.25) is 9.79 Å². The molecule has 0 radical (unpaired) electrons. The summed E-state index contributed by atoms with van der Waals surface area (Å²) in [7, 11) is 6.02. The number of carbonyl (C=O) groups is 1. The molecule has 5 rings (SSSR count). The Morgan fingerprint density at radius 3 is 2.21 bits per heavy atom. The maximum absolute atomic E-state index is 14.9. The molecule has 3 aromatic rings. The number of thiol groups is 1. The van der Waals surface area contributed by atoms with Gasteiger partial charge in [-0.05, 0) is 51.3 Å². The largest absolute Gasteiger partial charge is 0.493 e. The Morgan fingerprint density at radius 2 is 1.56 bits per heavy atom. The van der Waals surface area contributed by atoms with Crippen LogP contribution in [-0.2, 0) is 0 Å². The Morgan fingerprint density at radius 1 is 0.896 bits per heavy atom. The molecule has 0 N–H and O–H groups in total. The summed E-state index contributed by atoms with van der Waals surface area (Å²) in [5.41, 5.74) is -0.864. The normalized spacial score (nSPS) is 16.4. The molecule has 3 aromatic carbocycles. The summed E-state index contributed by atoms with van der Waals surface area (Å²) < 4.78 is 55.4. The SMILES string of the molecule is COc1cc2c(cc1OC(S)C(C)(C)CC(C)(C)Oc1ccc(F)c(Oc3cc(OC)c(OC)c(OC)c3)c1)N=CC1CCCN1C2=O. The van der Waals surface area contributed by atoms with E-state index >= 15 is 0 Å². The van der Waals surface area contributed by atoms with Crippen molar-refractivity contribution in [1.82, 2.24) is 4.90 Å². The quantitative estimate of drug-likeness (QED) is 0.144. The predicted molar refractivity (Wildman–Crippen MR) is 184 cm³/mol. The number of hydrogen-bond acceptors (Lipinski definition) is 10. The van der Waals surface area contributed by atoms with Gasteiger partial charge in [-0.2, -0.15) is 0 Å². The molecule has 1 fully saturated rings. The highest BCUT2D eigenvalue weighted by atomic mass is 32.1. The number of hydrogen-bond donors (Lipinski definition) is 1. The number of benzene rings is 3. The number of methoxy groups -OCH3 is 4. The number of nitrogens with zero attached hydrogens (tertiary/aromatic N) is 2. The fraction of sp³-hybridized carbons (Fsp3) is 0.444. The van der Waals surface area contributed by atoms with Gasteiger partial charge in [0.2, 0.25) is 5.75 Å². The van der Waals surface area contributed by atoms with Crippen molar-refractivity contribution in [1.29, 1.82) is 0 Å². The van der Waals surface area contributed by atoms with Crippen molar-refractivity contribution < 1.29 is 42.3 Å². The molecule has 1 saturated heterocycles. The maximum atomic E-state index is 14.9. The van der Waals surface area contributed by atoms with Crippen LogP contribution in [-0.4, -0.2) is 69.1 Å². The van der Waals surface area contributed by atoms with Gasteiger partial charge in [-0.1, -0.05) is 13.8 Å². The van der Waals surface area contributed by atoms with Crippen LogP contribution in [0.1, 0.15) is 57.3 Å². The van der Waals surface area contributed by atoms with Gasteiger partial charge in [-0.15, -0.1) is 12.6 Å². The number of halogens is 1. The second-order valence-corrected chi connectivity index (χ2v) is 13.5. The molecule has 2 aliphatic rings. The van der Waals surface area contributed by atoms with E-state index in [-0.39, 0.29) is 17.7 Å². The van der Waals surface area contributed by atoms with E-state index in [9.17, 15) is 9.18 Å². The summed E-state index contributed by atoms with van der Waals surface area (Å²) >= 11 is 4.85. The lowest BCUT2D eigenvalue weighted by molar-refractivity contribution is 0.0265. The number of carbonyl (C=O) groups excluding carboxylic acids is 1. The first-order chi connectivity index (χ1) is 22.8. The molecule has 2 atom stereocenters. The molecular weight excluding hydrogens is 639 g/mol. The number of aliphatic imine (C=N–C) groups is 1. The molecule has 12 heteroatoms. The summed E-state index contributed by atoms with van der Waals surface area (Å²) in [6, 6.07) is 10.9. The van der Waals surface area contributed by atoms with E-state index in [1.165, 1.54) is 40.6 Å². The first-order valence-electron chi connectivity index (χ1n) is 15.7. The van der Waals surface area contributed by atoms with Gasteiger partial charge in [-0.25, -0.2) is 4.39 Å². The molecule has 0 aliphatic carbocycles. The molecule has 48 heavy (non-hydrogen) atoms. The van der Waals surface area contributed by atoms with Gasteiger partial charge in [0.15, 0.2) is 34.6 Å². The molecule has 0 aromatic heterocycles. The number of rotatable bonds is 13. The Kier molecular flexibility index (Phi) is 10.2. The summed E-state index contributed by atoms with van der Waals surface area (Å²) in [6.45, 7) is 8.62. The van der Waals surface area contributed by atoms with Crippen LogP contribution < -0.4 is 33.2 Å². The number of ether oxygens (including phenoxy) is 7. The fourth-order valence-corrected chi connectivity index (χ4v) is 6.49. The van der Waals surface area contributed by atoms with Crippen molar-refractivity contribution in [2.45, 2.75) is 64.0 Å². The zero-order valence-corrected chi connectivity index (χ0v) is 29.5. The lowest BCUT2D eigenvalue weighted by atomic mass is 9.82. The molecule has 0 bridgehead atoms. The standard InChI is InChI=1S/C36H43FN2O8S/c1-35(2,34(48)46-29-18-26-24(17-28(29)41-5)33(40)39-13-9-10-21(39)19-38-26)20-36(3,4)47-22-11-12-25(37)27(14-22)45-23-15-30(42-6)32(44-8)31(16-23)43-7/h11-12,14-19,21,34,48H,9-10,13,20H2,1-8H3. The summed E-state index contributed by atoms with van der Waals surface area (Å²) in [6.07, 6.45) is 4.19. The Labute approximate surface area is 286 Å². The van der Waals surface area contributed by atoms with Crippen LogP contribution in [0.2, 0.25) is 0 Å². The van der Waals surface area contributed by atoms with E-state index < -0.39 is 22.3 Å². The summed E-state index contributed by atoms with van der Waals surface area (Å²) in [5, 5.41) is 0. The van der Waals surface area contributed by atoms with E-state index in [2.05, 4.69) is 4.99 Å². The molecule has 2 heterocycles. The van der Waals surface area contributed by atoms with E-state index in [1.807, 2.05) is 38.8 Å². The first kappa shape index (κ1) is 35.0. The van der Waals surface area contributed by atoms with Crippen LogP contribution in [0.15, 0.2) is 47.5 Å². The molecule has 1 amide bonds. The second kappa shape index (κ2) is 14.0. The van der Waals surface area contributed by atoms with E-state index in [1.54, 1.807) is 30.3 Å². The van der Waals surface area contributed by atoms with Gasteiger partial charge in [0.05, 0.1) is 45.7 Å². The Balaban J connectivity index is 1.30. The zero-order valence-electron chi connectivity index (χ0n) is 28.6. The smallest absolute Gasteiger partial charge is 0.256 e. The summed E-state index contributed by atoms with van der Waals surface area (Å²) in [5.74, 6) is 2.02. The van der Waals surface area contributed by atoms with Crippen molar-refractivity contribution in [3.8, 4) is 46.0 Å². The minimum atomic E-state index is -0.740. The lowest BCUT2D eigenvalue weighted by Crippen LogP contribution is -2.40. The van der Waals surface area contributed by atoms with Crippen molar-refractivity contribution in [2.75, 3.05) is 35.0 Å². The Hall–Kier alpha value is -4.32. The van der Waals surface area contributed by atoms with E-state index in [0.717, 1.165) is 12.8 Å². The number of fused-ring (bicyclic) bond motifs is 2. The van der Waals surface area contributed by atoms with Gasteiger partial charge in [0.25, 0.3) is 5.91 Å². The van der Waals surface area contributed by atoms with E-state index in [0.29, 0.717) is 64.5 Å². The molecule has 2 aliphatic heterocycles. The van der Waals surface area contributed by atoms with E-state index in [4.69, 9.17) is 45.8 Å². The highest BCUT2D eigenvalue weighted by Crippen LogP contribution is 2.45. The zero-order chi connectivity index (χ0) is 34.8. The highest BCUT2D eigenvalue weighted by Gasteiger charge is 2.38. The predicted octanol–water partition coefficient (Wildman–Crippen LogP) is 7.88. The van der Waals surface area contributed by atoms with Gasteiger partial charge in [0.1, 0.15) is 22.5 Å². The first-order valence-corrected chi connectivity index (χ1v) is 16.2. The monoisotopic (exact) mass is 682 g/mol. The van der Waals surface area contributed by atoms with Crippen molar-refractivity contribution >= 4 is 30.4 Å². The third-order valence-corrected chi connectivity index (χ3v) is 9.21. The van der Waals surface area contributed by atoms with Gasteiger partial charge < -0.3 is 38.1 Å². The average molecular weight is 683 g/mol. The third kappa shape index (κ3) is 7.38. The molecule has 0 spiro atoms. The van der Waals surface area contributed by atoms with Crippen molar-refractivity contribution in [3.05, 3.63) is 53.8 Å². The van der Waals surface area contributed by atoms with Crippen LogP contribution in [0.25, 0.3) is 0 Å². The van der Waals surface area contributed by atoms with Crippen LogP contribution in [0.5, 0.6) is 46.0 Å². The lowest BCUT2D eigenvalue weighted by Gasteiger charge is -2.38. The minimum Gasteiger partial charge on any atom is -0.493 e. The molecular formula is C36H43FN2O8S. The third-order valence-electron chi connectivity index (χ3n) is 8.41. The van der Waals surface area contributed by atoms with Crippen LogP contribution in [0.4, 0.5) is 10.1 Å². The molecule has 10 nitrogen and oxygen atoms in total. The Bertz CT molecular complexity index is 1670. The van der Waals surface area contributed by atoms with Gasteiger partial charge in [0, 0.05) is 42.4 Å². The maximum Gasteiger partial charge on any atom is 0.256 e. The topological polar surface area (TPSA) is 97.3 Å². The van der Waals surface area contributed by atoms with Gasteiger partial charge >= 0.3 is 0 Å². The number of amides is 1. The van der Waals surface area contributed by atoms with Crippen LogP contribution in [0.3, 0.4) is 0 Å². The fourth-order valence-electron chi connectivity index (χ4n) is 6.29. The van der Waals surface area contributed by atoms with Crippen molar-refractivity contribution in [3.63, 3.8) is 0 Å². The highest BCUT2D eigenvalue weighted by molar-refractivity contribution is 7.80.